The van der Waals surface area contributed by atoms with Crippen molar-refractivity contribution in [3.8, 4) is 11.1 Å². The zero-order chi connectivity index (χ0) is 43.5. The van der Waals surface area contributed by atoms with Crippen molar-refractivity contribution >= 4 is 67.6 Å². The van der Waals surface area contributed by atoms with Gasteiger partial charge in [0, 0.05) is 36.6 Å². The van der Waals surface area contributed by atoms with Gasteiger partial charge in [-0.2, -0.15) is 0 Å². The molecule has 4 N–H and O–H groups in total. The van der Waals surface area contributed by atoms with Crippen LogP contribution in [0.15, 0.2) is 60.7 Å². The van der Waals surface area contributed by atoms with Crippen molar-refractivity contribution < 1.29 is 33.4 Å². The molecular formula is C48H54N8O7. The third-order valence-electron chi connectivity index (χ3n) is 14.1. The highest BCUT2D eigenvalue weighted by molar-refractivity contribution is 6.07. The number of aromatic amines is 2. The van der Waals surface area contributed by atoms with Crippen molar-refractivity contribution in [2.45, 2.75) is 89.0 Å². The summed E-state index contributed by atoms with van der Waals surface area (Å²) < 4.78 is 15.3. The molecule has 2 aromatic heterocycles. The summed E-state index contributed by atoms with van der Waals surface area (Å²) in [5.41, 5.74) is 5.69. The molecule has 1 saturated carbocycles. The van der Waals surface area contributed by atoms with E-state index in [4.69, 9.17) is 24.2 Å². The van der Waals surface area contributed by atoms with Crippen LogP contribution < -0.4 is 10.6 Å². The highest BCUT2D eigenvalue weighted by Gasteiger charge is 2.51. The van der Waals surface area contributed by atoms with E-state index in [-0.39, 0.29) is 41.8 Å². The van der Waals surface area contributed by atoms with E-state index >= 15 is 0 Å². The van der Waals surface area contributed by atoms with Gasteiger partial charge < -0.3 is 44.6 Å². The van der Waals surface area contributed by atoms with E-state index in [0.717, 1.165) is 98.5 Å². The van der Waals surface area contributed by atoms with E-state index < -0.39 is 24.3 Å². The van der Waals surface area contributed by atoms with E-state index in [1.54, 1.807) is 0 Å². The molecule has 5 heterocycles. The van der Waals surface area contributed by atoms with Crippen molar-refractivity contribution in [3.05, 3.63) is 72.3 Å². The Morgan fingerprint density at radius 3 is 2.00 bits per heavy atom. The number of rotatable bonds is 9. The van der Waals surface area contributed by atoms with Crippen LogP contribution in [0.2, 0.25) is 0 Å². The largest absolute Gasteiger partial charge is 0.453 e. The molecule has 0 unspecified atom stereocenters. The molecule has 0 radical (unpaired) electrons. The summed E-state index contributed by atoms with van der Waals surface area (Å²) in [5.74, 6) is 1.47. The summed E-state index contributed by atoms with van der Waals surface area (Å²) in [6.07, 6.45) is 4.68. The van der Waals surface area contributed by atoms with Crippen LogP contribution in [-0.4, -0.2) is 106 Å². The van der Waals surface area contributed by atoms with Crippen LogP contribution in [-0.2, 0) is 23.8 Å². The number of hydrogen-bond donors (Lipinski definition) is 4. The van der Waals surface area contributed by atoms with E-state index in [2.05, 4.69) is 81.3 Å². The fraction of sp³-hybridized carbons (Fsp3) is 0.458. The zero-order valence-corrected chi connectivity index (χ0v) is 36.1. The lowest BCUT2D eigenvalue weighted by Gasteiger charge is -2.37. The minimum Gasteiger partial charge on any atom is -0.453 e. The minimum atomic E-state index is -0.694. The van der Waals surface area contributed by atoms with E-state index in [0.29, 0.717) is 38.5 Å². The predicted molar refractivity (Wildman–Crippen MR) is 238 cm³/mol. The maximum atomic E-state index is 14.2. The number of benzene rings is 4. The molecule has 4 aliphatic rings. The number of imidazole rings is 2. The topological polar surface area (TPSA) is 184 Å². The number of carbonyl (C=O) groups excluding carboxylic acids is 4. The molecule has 10 rings (SSSR count). The maximum Gasteiger partial charge on any atom is 0.407 e. The number of likely N-dealkylation sites (tertiary alicyclic amines) is 2. The van der Waals surface area contributed by atoms with Gasteiger partial charge in [-0.1, -0.05) is 50.2 Å². The second-order valence-corrected chi connectivity index (χ2v) is 18.1. The molecule has 4 aromatic carbocycles. The fourth-order valence-corrected chi connectivity index (χ4v) is 10.9. The molecule has 4 amide bonds. The molecule has 1 aliphatic carbocycles. The number of alkyl carbamates (subject to hydrolysis) is 2. The lowest BCUT2D eigenvalue weighted by Crippen LogP contribution is -2.54. The predicted octanol–water partition coefficient (Wildman–Crippen LogP) is 7.66. The summed E-state index contributed by atoms with van der Waals surface area (Å²) in [4.78, 5) is 74.2. The lowest BCUT2D eigenvalue weighted by atomic mass is 9.90. The summed E-state index contributed by atoms with van der Waals surface area (Å²) in [7, 11) is 2.63. The number of methoxy groups -OCH3 is 2. The first kappa shape index (κ1) is 40.8. The van der Waals surface area contributed by atoms with Gasteiger partial charge in [0.15, 0.2) is 0 Å². The van der Waals surface area contributed by atoms with Crippen LogP contribution in [0.4, 0.5) is 9.59 Å². The molecule has 6 aromatic rings. The van der Waals surface area contributed by atoms with Crippen molar-refractivity contribution in [2.75, 3.05) is 34.0 Å². The molecular weight excluding hydrogens is 801 g/mol. The van der Waals surface area contributed by atoms with Gasteiger partial charge >= 0.3 is 12.2 Å². The summed E-state index contributed by atoms with van der Waals surface area (Å²) in [6, 6.07) is 19.5. The first-order valence-electron chi connectivity index (χ1n) is 22.3. The molecule has 15 nitrogen and oxygen atoms in total. The second kappa shape index (κ2) is 16.5. The molecule has 3 saturated heterocycles. The average molecular weight is 855 g/mol. The molecule has 4 fully saturated rings. The number of amides is 4. The van der Waals surface area contributed by atoms with Crippen LogP contribution in [0.5, 0.6) is 0 Å². The van der Waals surface area contributed by atoms with E-state index in [9.17, 15) is 19.2 Å². The average Bonchev–Trinajstić information content (AvgIpc) is 4.17. The number of ether oxygens (including phenoxy) is 3. The zero-order valence-electron chi connectivity index (χ0n) is 36.1. The van der Waals surface area contributed by atoms with Gasteiger partial charge in [-0.25, -0.2) is 19.6 Å². The Kier molecular flexibility index (Phi) is 10.7. The summed E-state index contributed by atoms with van der Waals surface area (Å²) in [6.45, 7) is 5.57. The first-order chi connectivity index (χ1) is 30.6. The number of carbonyl (C=O) groups is 4. The molecule has 63 heavy (non-hydrogen) atoms. The number of H-pyrrole nitrogens is 2. The number of aromatic nitrogens is 4. The fourth-order valence-electron chi connectivity index (χ4n) is 10.9. The molecule has 6 atom stereocenters. The van der Waals surface area contributed by atoms with E-state index in [1.165, 1.54) is 14.2 Å². The number of piperidine rings is 1. The quantitative estimate of drug-likeness (QED) is 0.113. The van der Waals surface area contributed by atoms with Crippen LogP contribution in [0, 0.1) is 17.8 Å². The number of hydrogen-bond acceptors (Lipinski definition) is 9. The number of nitrogens with zero attached hydrogens (tertiary/aromatic N) is 4. The number of fused-ring (bicyclic) bond motifs is 8. The normalized spacial score (nSPS) is 22.4. The van der Waals surface area contributed by atoms with Gasteiger partial charge in [-0.3, -0.25) is 9.59 Å². The standard InChI is InChI=1S/C48H54N8O7/c1-25(2)38(53-47(59)61-3)46(58)56-32-12-7-31(24-32)42(56)44-50-36-16-11-30-23-28(9-14-34(30)41(36)52-44)27-8-13-33-29(22-27)10-15-35-40(33)51-43(49-35)37-6-5-19-55(37)45(57)39(54-48(60)62-4)26-17-20-63-21-18-26/h8-11,13-16,22-23,25-26,31-32,37-39,42H,5-7,12,17-21,24H2,1-4H3,(H,49,51)(H,50,52)(H,53,59)(H,54,60)/t31-,32+,37-,38-,39-,42-/m0/s1. The third kappa shape index (κ3) is 7.29. The van der Waals surface area contributed by atoms with Crippen LogP contribution in [0.3, 0.4) is 0 Å². The maximum absolute atomic E-state index is 14.2. The molecule has 328 valence electrons. The van der Waals surface area contributed by atoms with Crippen molar-refractivity contribution in [1.29, 1.82) is 0 Å². The smallest absolute Gasteiger partial charge is 0.407 e. The Hall–Kier alpha value is -6.22. The van der Waals surface area contributed by atoms with Gasteiger partial charge in [0.2, 0.25) is 11.8 Å². The Bertz CT molecular complexity index is 2760. The van der Waals surface area contributed by atoms with Crippen LogP contribution in [0.1, 0.15) is 82.5 Å². The molecule has 2 bridgehead atoms. The number of nitrogens with one attached hydrogen (secondary N) is 4. The SMILES string of the molecule is COC(=O)N[C@H](C(=O)N1[C@@H]2CC[C@@H](C2)[C@H]1c1nc2c(ccc3cc(-c4ccc5c(ccc6[nH]c([C@@H]7CCCN7C(=O)[C@@H](NC(=O)OC)C7CCOCC7)nc65)c4)ccc32)[nH]1)C(C)C. The van der Waals surface area contributed by atoms with Gasteiger partial charge in [-0.05, 0) is 109 Å². The monoisotopic (exact) mass is 854 g/mol. The highest BCUT2D eigenvalue weighted by Crippen LogP contribution is 2.50. The first-order valence-corrected chi connectivity index (χ1v) is 22.3. The molecule has 0 spiro atoms. The van der Waals surface area contributed by atoms with Gasteiger partial charge in [0.25, 0.3) is 0 Å². The van der Waals surface area contributed by atoms with Crippen molar-refractivity contribution in [2.24, 2.45) is 17.8 Å². The summed E-state index contributed by atoms with van der Waals surface area (Å²) in [5, 5.41) is 9.77. The van der Waals surface area contributed by atoms with Gasteiger partial charge in [0.1, 0.15) is 23.7 Å². The second-order valence-electron chi connectivity index (χ2n) is 18.1. The van der Waals surface area contributed by atoms with Crippen LogP contribution >= 0.6 is 0 Å². The van der Waals surface area contributed by atoms with Gasteiger partial charge in [-0.15, -0.1) is 0 Å². The van der Waals surface area contributed by atoms with Crippen molar-refractivity contribution in [3.63, 3.8) is 0 Å². The lowest BCUT2D eigenvalue weighted by molar-refractivity contribution is -0.139. The van der Waals surface area contributed by atoms with Crippen LogP contribution in [0.25, 0.3) is 54.7 Å². The minimum absolute atomic E-state index is 0.0354. The Morgan fingerprint density at radius 1 is 0.746 bits per heavy atom. The molecule has 15 heteroatoms. The summed E-state index contributed by atoms with van der Waals surface area (Å²) >= 11 is 0. The highest BCUT2D eigenvalue weighted by atomic mass is 16.5. The Balaban J connectivity index is 0.912. The van der Waals surface area contributed by atoms with Crippen molar-refractivity contribution in [1.82, 2.24) is 40.4 Å². The third-order valence-corrected chi connectivity index (χ3v) is 14.1. The van der Waals surface area contributed by atoms with Gasteiger partial charge in [0.05, 0.1) is 48.4 Å². The van der Waals surface area contributed by atoms with E-state index in [1.807, 2.05) is 23.6 Å². The molecule has 3 aliphatic heterocycles. The Morgan fingerprint density at radius 2 is 1.37 bits per heavy atom. The Labute approximate surface area is 364 Å².